The lowest BCUT2D eigenvalue weighted by Gasteiger charge is -2.32. The van der Waals surface area contributed by atoms with Gasteiger partial charge >= 0.3 is 0 Å². The van der Waals surface area contributed by atoms with Gasteiger partial charge in [0.2, 0.25) is 5.91 Å². The van der Waals surface area contributed by atoms with E-state index in [0.29, 0.717) is 23.0 Å². The van der Waals surface area contributed by atoms with Gasteiger partial charge in [-0.1, -0.05) is 6.92 Å². The van der Waals surface area contributed by atoms with Crippen LogP contribution in [0.2, 0.25) is 0 Å². The van der Waals surface area contributed by atoms with Crippen LogP contribution in [-0.4, -0.2) is 29.8 Å². The zero-order valence-corrected chi connectivity index (χ0v) is 16.5. The van der Waals surface area contributed by atoms with E-state index in [1.807, 2.05) is 4.90 Å². The Kier molecular flexibility index (Phi) is 6.11. The first-order valence-electron chi connectivity index (χ1n) is 9.56. The molecular formula is C21H24N4O4. The largest absolute Gasteiger partial charge is 0.366 e. The van der Waals surface area contributed by atoms with Crippen LogP contribution >= 0.6 is 0 Å². The van der Waals surface area contributed by atoms with Gasteiger partial charge in [0.15, 0.2) is 0 Å². The first kappa shape index (κ1) is 20.3. The van der Waals surface area contributed by atoms with Crippen LogP contribution < -0.4 is 15.5 Å². The van der Waals surface area contributed by atoms with Crippen LogP contribution in [0, 0.1) is 16.0 Å². The van der Waals surface area contributed by atoms with Crippen molar-refractivity contribution in [2.45, 2.75) is 26.7 Å². The number of carbonyl (C=O) groups is 2. The fraction of sp³-hybridized carbons (Fsp3) is 0.333. The summed E-state index contributed by atoms with van der Waals surface area (Å²) in [6.45, 7) is 5.10. The molecule has 8 nitrogen and oxygen atoms in total. The van der Waals surface area contributed by atoms with E-state index < -0.39 is 10.8 Å². The number of nitro groups is 1. The molecule has 2 aromatic carbocycles. The minimum atomic E-state index is -0.437. The Morgan fingerprint density at radius 1 is 1.10 bits per heavy atom. The van der Waals surface area contributed by atoms with Crippen LogP contribution in [0.3, 0.4) is 0 Å². The Morgan fingerprint density at radius 2 is 1.76 bits per heavy atom. The van der Waals surface area contributed by atoms with Gasteiger partial charge in [-0.3, -0.25) is 19.7 Å². The lowest BCUT2D eigenvalue weighted by atomic mass is 9.99. The molecule has 1 aliphatic heterocycles. The third-order valence-corrected chi connectivity index (χ3v) is 4.90. The molecule has 2 aromatic rings. The maximum Gasteiger partial charge on any atom is 0.293 e. The molecule has 0 radical (unpaired) electrons. The second-order valence-corrected chi connectivity index (χ2v) is 7.37. The molecule has 152 valence electrons. The van der Waals surface area contributed by atoms with Gasteiger partial charge in [-0.15, -0.1) is 0 Å². The van der Waals surface area contributed by atoms with Gasteiger partial charge in [0.1, 0.15) is 5.69 Å². The zero-order valence-electron chi connectivity index (χ0n) is 16.5. The Bertz CT molecular complexity index is 927. The molecule has 0 aromatic heterocycles. The van der Waals surface area contributed by atoms with Gasteiger partial charge in [-0.05, 0) is 55.2 Å². The minimum Gasteiger partial charge on any atom is -0.366 e. The van der Waals surface area contributed by atoms with Gasteiger partial charge in [0.25, 0.3) is 11.6 Å². The SMILES string of the molecule is CC(=O)Nc1ccc(NC(=O)c2ccc(N3CCC[C@H](C)C3)c([N+](=O)[O-])c2)cc1. The molecular weight excluding hydrogens is 372 g/mol. The molecule has 1 heterocycles. The third kappa shape index (κ3) is 5.10. The van der Waals surface area contributed by atoms with Crippen molar-refractivity contribution < 1.29 is 14.5 Å². The Labute approximate surface area is 169 Å². The molecule has 0 spiro atoms. The highest BCUT2D eigenvalue weighted by atomic mass is 16.6. The smallest absolute Gasteiger partial charge is 0.293 e. The van der Waals surface area contributed by atoms with Crippen LogP contribution in [0.5, 0.6) is 0 Å². The summed E-state index contributed by atoms with van der Waals surface area (Å²) in [5.41, 5.74) is 1.86. The number of hydrogen-bond donors (Lipinski definition) is 2. The number of nitrogens with one attached hydrogen (secondary N) is 2. The Morgan fingerprint density at radius 3 is 2.34 bits per heavy atom. The lowest BCUT2D eigenvalue weighted by Crippen LogP contribution is -2.34. The molecule has 2 N–H and O–H groups in total. The highest BCUT2D eigenvalue weighted by Gasteiger charge is 2.25. The molecule has 0 bridgehead atoms. The maximum absolute atomic E-state index is 12.6. The summed E-state index contributed by atoms with van der Waals surface area (Å²) in [4.78, 5) is 36.8. The Balaban J connectivity index is 1.77. The summed E-state index contributed by atoms with van der Waals surface area (Å²) in [7, 11) is 0. The first-order valence-corrected chi connectivity index (χ1v) is 9.56. The number of benzene rings is 2. The first-order chi connectivity index (χ1) is 13.8. The number of nitro benzene ring substituents is 1. The highest BCUT2D eigenvalue weighted by molar-refractivity contribution is 6.05. The normalized spacial score (nSPS) is 16.2. The van der Waals surface area contributed by atoms with Crippen molar-refractivity contribution in [3.05, 3.63) is 58.1 Å². The number of piperidine rings is 1. The maximum atomic E-state index is 12.6. The average Bonchev–Trinajstić information content (AvgIpc) is 2.68. The van der Waals surface area contributed by atoms with Crippen molar-refractivity contribution in [1.29, 1.82) is 0 Å². The van der Waals surface area contributed by atoms with Crippen LogP contribution in [-0.2, 0) is 4.79 Å². The monoisotopic (exact) mass is 396 g/mol. The van der Waals surface area contributed by atoms with Gasteiger partial charge in [-0.2, -0.15) is 0 Å². The molecule has 1 saturated heterocycles. The van der Waals surface area contributed by atoms with Crippen LogP contribution in [0.15, 0.2) is 42.5 Å². The molecule has 29 heavy (non-hydrogen) atoms. The van der Waals surface area contributed by atoms with Gasteiger partial charge in [0, 0.05) is 43.0 Å². The second kappa shape index (κ2) is 8.72. The predicted molar refractivity (Wildman–Crippen MR) is 112 cm³/mol. The Hall–Kier alpha value is -3.42. The summed E-state index contributed by atoms with van der Waals surface area (Å²) in [5, 5.41) is 17.0. The molecule has 1 aliphatic rings. The zero-order chi connectivity index (χ0) is 21.0. The van der Waals surface area contributed by atoms with E-state index in [2.05, 4.69) is 17.6 Å². The number of anilines is 3. The number of nitrogens with zero attached hydrogens (tertiary/aromatic N) is 2. The van der Waals surface area contributed by atoms with Crippen LogP contribution in [0.4, 0.5) is 22.7 Å². The molecule has 0 saturated carbocycles. The van der Waals surface area contributed by atoms with Crippen molar-refractivity contribution in [2.24, 2.45) is 5.92 Å². The van der Waals surface area contributed by atoms with E-state index >= 15 is 0 Å². The fourth-order valence-electron chi connectivity index (χ4n) is 3.53. The number of amides is 2. The summed E-state index contributed by atoms with van der Waals surface area (Å²) in [6.07, 6.45) is 2.11. The number of carbonyl (C=O) groups excluding carboxylic acids is 2. The standard InChI is InChI=1S/C21H24N4O4/c1-14-4-3-11-24(13-14)19-10-5-16(12-20(19)25(28)29)21(27)23-18-8-6-17(7-9-18)22-15(2)26/h5-10,12,14H,3-4,11,13H2,1-2H3,(H,22,26)(H,23,27)/t14-/m0/s1. The molecule has 0 aliphatic carbocycles. The average molecular weight is 396 g/mol. The highest BCUT2D eigenvalue weighted by Crippen LogP contribution is 2.32. The minimum absolute atomic E-state index is 0.0623. The molecule has 3 rings (SSSR count). The van der Waals surface area contributed by atoms with Crippen molar-refractivity contribution >= 4 is 34.6 Å². The van der Waals surface area contributed by atoms with Crippen molar-refractivity contribution in [1.82, 2.24) is 0 Å². The van der Waals surface area contributed by atoms with E-state index in [9.17, 15) is 19.7 Å². The summed E-state index contributed by atoms with van der Waals surface area (Å²) in [6, 6.07) is 11.2. The van der Waals surface area contributed by atoms with E-state index in [0.717, 1.165) is 25.9 Å². The van der Waals surface area contributed by atoms with Crippen molar-refractivity contribution in [3.8, 4) is 0 Å². The summed E-state index contributed by atoms with van der Waals surface area (Å²) >= 11 is 0. The van der Waals surface area contributed by atoms with Gasteiger partial charge in [-0.25, -0.2) is 0 Å². The van der Waals surface area contributed by atoms with E-state index in [4.69, 9.17) is 0 Å². The molecule has 0 unspecified atom stereocenters. The summed E-state index contributed by atoms with van der Waals surface area (Å²) < 4.78 is 0. The van der Waals surface area contributed by atoms with E-state index in [1.165, 1.54) is 13.0 Å². The third-order valence-electron chi connectivity index (χ3n) is 4.90. The predicted octanol–water partition coefficient (Wildman–Crippen LogP) is 4.04. The second-order valence-electron chi connectivity index (χ2n) is 7.37. The van der Waals surface area contributed by atoms with Crippen molar-refractivity contribution in [3.63, 3.8) is 0 Å². The van der Waals surface area contributed by atoms with E-state index in [-0.39, 0.29) is 17.2 Å². The lowest BCUT2D eigenvalue weighted by molar-refractivity contribution is -0.384. The summed E-state index contributed by atoms with van der Waals surface area (Å²) in [5.74, 6) is -0.136. The molecule has 1 fully saturated rings. The topological polar surface area (TPSA) is 105 Å². The molecule has 1 atom stereocenters. The molecule has 8 heteroatoms. The number of rotatable bonds is 5. The van der Waals surface area contributed by atoms with Gasteiger partial charge in [0.05, 0.1) is 4.92 Å². The fourth-order valence-corrected chi connectivity index (χ4v) is 3.53. The van der Waals surface area contributed by atoms with Crippen LogP contribution in [0.1, 0.15) is 37.0 Å². The molecule has 2 amide bonds. The number of hydrogen-bond acceptors (Lipinski definition) is 5. The quantitative estimate of drug-likeness (QED) is 0.586. The van der Waals surface area contributed by atoms with Crippen LogP contribution in [0.25, 0.3) is 0 Å². The van der Waals surface area contributed by atoms with Gasteiger partial charge < -0.3 is 15.5 Å². The van der Waals surface area contributed by atoms with Crippen molar-refractivity contribution in [2.75, 3.05) is 28.6 Å². The van der Waals surface area contributed by atoms with E-state index in [1.54, 1.807) is 36.4 Å².